The number of carbonyl (C=O) groups is 1. The monoisotopic (exact) mass is 286 g/mol. The predicted molar refractivity (Wildman–Crippen MR) is 88.5 cm³/mol. The van der Waals surface area contributed by atoms with E-state index >= 15 is 0 Å². The standard InChI is InChI=1S/C16H22N4O/c1-6-11(3)14(12(4)7-2)20-16(21)19-13-9-8-10-18-15(13)17-5/h6-10,14H,1,3H2,2,4-5H3,(H,17,18)(H2,19,20,21)/b12-7+. The van der Waals surface area contributed by atoms with Gasteiger partial charge >= 0.3 is 6.03 Å². The molecule has 0 fully saturated rings. The molecule has 0 bridgehead atoms. The summed E-state index contributed by atoms with van der Waals surface area (Å²) in [6.07, 6.45) is 5.23. The summed E-state index contributed by atoms with van der Waals surface area (Å²) >= 11 is 0. The lowest BCUT2D eigenvalue weighted by atomic mass is 10.0. The molecule has 5 nitrogen and oxygen atoms in total. The topological polar surface area (TPSA) is 66.0 Å². The minimum absolute atomic E-state index is 0.276. The van der Waals surface area contributed by atoms with Gasteiger partial charge in [0.25, 0.3) is 0 Å². The summed E-state index contributed by atoms with van der Waals surface area (Å²) in [5.74, 6) is 0.606. The highest BCUT2D eigenvalue weighted by Gasteiger charge is 2.16. The van der Waals surface area contributed by atoms with E-state index in [0.29, 0.717) is 11.5 Å². The molecular weight excluding hydrogens is 264 g/mol. The van der Waals surface area contributed by atoms with Gasteiger partial charge < -0.3 is 16.0 Å². The van der Waals surface area contributed by atoms with E-state index in [-0.39, 0.29) is 12.1 Å². The van der Waals surface area contributed by atoms with Crippen molar-refractivity contribution in [3.05, 3.63) is 54.8 Å². The largest absolute Gasteiger partial charge is 0.371 e. The van der Waals surface area contributed by atoms with Crippen LogP contribution >= 0.6 is 0 Å². The minimum Gasteiger partial charge on any atom is -0.371 e. The van der Waals surface area contributed by atoms with Crippen LogP contribution in [0, 0.1) is 0 Å². The van der Waals surface area contributed by atoms with Crippen LogP contribution in [0.3, 0.4) is 0 Å². The lowest BCUT2D eigenvalue weighted by molar-refractivity contribution is 0.251. The highest BCUT2D eigenvalue weighted by atomic mass is 16.2. The van der Waals surface area contributed by atoms with Gasteiger partial charge in [0.15, 0.2) is 0 Å². The first kappa shape index (κ1) is 16.5. The Morgan fingerprint density at radius 1 is 1.48 bits per heavy atom. The molecule has 1 unspecified atom stereocenters. The fourth-order valence-electron chi connectivity index (χ4n) is 1.78. The first-order chi connectivity index (χ1) is 10.0. The van der Waals surface area contributed by atoms with Crippen molar-refractivity contribution in [2.75, 3.05) is 17.7 Å². The lowest BCUT2D eigenvalue weighted by Gasteiger charge is -2.21. The molecule has 0 radical (unpaired) electrons. The Balaban J connectivity index is 2.83. The molecule has 0 aliphatic heterocycles. The zero-order valence-electron chi connectivity index (χ0n) is 12.7. The average molecular weight is 286 g/mol. The van der Waals surface area contributed by atoms with Crippen LogP contribution in [0.4, 0.5) is 16.3 Å². The Labute approximate surface area is 125 Å². The van der Waals surface area contributed by atoms with E-state index in [9.17, 15) is 4.79 Å². The molecule has 1 rings (SSSR count). The molecule has 0 saturated carbocycles. The highest BCUT2D eigenvalue weighted by Crippen LogP contribution is 2.17. The third kappa shape index (κ3) is 4.49. The summed E-state index contributed by atoms with van der Waals surface area (Å²) in [6.45, 7) is 11.5. The van der Waals surface area contributed by atoms with Crippen LogP contribution in [0.1, 0.15) is 13.8 Å². The van der Waals surface area contributed by atoms with Gasteiger partial charge in [0.1, 0.15) is 5.82 Å². The molecule has 0 saturated heterocycles. The van der Waals surface area contributed by atoms with E-state index in [1.165, 1.54) is 0 Å². The van der Waals surface area contributed by atoms with Crippen LogP contribution in [0.2, 0.25) is 0 Å². The predicted octanol–water partition coefficient (Wildman–Crippen LogP) is 3.32. The molecule has 2 amide bonds. The number of allylic oxidation sites excluding steroid dienone is 1. The number of rotatable bonds is 6. The molecule has 0 aliphatic rings. The number of carbonyl (C=O) groups excluding carboxylic acids is 1. The number of anilines is 2. The number of urea groups is 1. The second kappa shape index (κ2) is 7.89. The molecule has 1 aromatic rings. The van der Waals surface area contributed by atoms with E-state index in [1.54, 1.807) is 31.5 Å². The normalized spacial score (nSPS) is 12.2. The Morgan fingerprint density at radius 2 is 2.19 bits per heavy atom. The number of hydrogen-bond donors (Lipinski definition) is 3. The number of nitrogens with one attached hydrogen (secondary N) is 3. The third-order valence-corrected chi connectivity index (χ3v) is 3.11. The quantitative estimate of drug-likeness (QED) is 0.555. The fraction of sp³-hybridized carbons (Fsp3) is 0.250. The van der Waals surface area contributed by atoms with Crippen LogP contribution in [0.25, 0.3) is 0 Å². The van der Waals surface area contributed by atoms with E-state index in [4.69, 9.17) is 0 Å². The second-order valence-electron chi connectivity index (χ2n) is 4.49. The molecule has 0 spiro atoms. The van der Waals surface area contributed by atoms with Gasteiger partial charge in [0, 0.05) is 13.2 Å². The van der Waals surface area contributed by atoms with Crippen molar-refractivity contribution in [1.82, 2.24) is 10.3 Å². The van der Waals surface area contributed by atoms with Crippen molar-refractivity contribution in [3.63, 3.8) is 0 Å². The molecule has 112 valence electrons. The summed E-state index contributed by atoms with van der Waals surface area (Å²) in [6, 6.07) is 2.93. The van der Waals surface area contributed by atoms with Gasteiger partial charge in [-0.25, -0.2) is 9.78 Å². The van der Waals surface area contributed by atoms with Gasteiger partial charge in [-0.15, -0.1) is 0 Å². The van der Waals surface area contributed by atoms with Crippen molar-refractivity contribution < 1.29 is 4.79 Å². The van der Waals surface area contributed by atoms with Gasteiger partial charge in [-0.05, 0) is 31.6 Å². The van der Waals surface area contributed by atoms with Gasteiger partial charge in [0.2, 0.25) is 0 Å². The van der Waals surface area contributed by atoms with Crippen LogP contribution in [0.5, 0.6) is 0 Å². The fourth-order valence-corrected chi connectivity index (χ4v) is 1.78. The number of amides is 2. The van der Waals surface area contributed by atoms with Crippen molar-refractivity contribution in [2.45, 2.75) is 19.9 Å². The Hall–Kier alpha value is -2.56. The summed E-state index contributed by atoms with van der Waals surface area (Å²) in [7, 11) is 1.75. The maximum absolute atomic E-state index is 12.2. The number of pyridine rings is 1. The van der Waals surface area contributed by atoms with Crippen LogP contribution in [-0.4, -0.2) is 24.1 Å². The Kier molecular flexibility index (Phi) is 6.20. The molecule has 3 N–H and O–H groups in total. The molecule has 0 aliphatic carbocycles. The van der Waals surface area contributed by atoms with Crippen LogP contribution in [0.15, 0.2) is 54.8 Å². The SMILES string of the molecule is C=CC(=C)C(NC(=O)Nc1cccnc1NC)/C(C)=C/C. The Bertz CT molecular complexity index is 561. The van der Waals surface area contributed by atoms with Gasteiger partial charge in [-0.1, -0.05) is 30.9 Å². The zero-order valence-corrected chi connectivity index (χ0v) is 12.7. The van der Waals surface area contributed by atoms with Crippen LogP contribution in [-0.2, 0) is 0 Å². The zero-order chi connectivity index (χ0) is 15.8. The smallest absolute Gasteiger partial charge is 0.320 e. The van der Waals surface area contributed by atoms with Crippen molar-refractivity contribution in [3.8, 4) is 0 Å². The van der Waals surface area contributed by atoms with Crippen molar-refractivity contribution in [1.29, 1.82) is 0 Å². The second-order valence-corrected chi connectivity index (χ2v) is 4.49. The van der Waals surface area contributed by atoms with Gasteiger partial charge in [-0.2, -0.15) is 0 Å². The first-order valence-electron chi connectivity index (χ1n) is 6.67. The van der Waals surface area contributed by atoms with E-state index in [2.05, 4.69) is 34.1 Å². The third-order valence-electron chi connectivity index (χ3n) is 3.11. The summed E-state index contributed by atoms with van der Waals surface area (Å²) in [5, 5.41) is 8.57. The molecular formula is C16H22N4O. The molecule has 1 aromatic heterocycles. The lowest BCUT2D eigenvalue weighted by Crippen LogP contribution is -2.39. The maximum atomic E-state index is 12.2. The van der Waals surface area contributed by atoms with Gasteiger partial charge in [-0.3, -0.25) is 0 Å². The van der Waals surface area contributed by atoms with E-state index < -0.39 is 0 Å². The molecule has 1 atom stereocenters. The summed E-state index contributed by atoms with van der Waals surface area (Å²) in [4.78, 5) is 16.3. The summed E-state index contributed by atoms with van der Waals surface area (Å²) in [5.41, 5.74) is 2.34. The van der Waals surface area contributed by atoms with E-state index in [1.807, 2.05) is 19.9 Å². The van der Waals surface area contributed by atoms with Gasteiger partial charge in [0.05, 0.1) is 11.7 Å². The average Bonchev–Trinajstić information content (AvgIpc) is 2.51. The maximum Gasteiger partial charge on any atom is 0.320 e. The minimum atomic E-state index is -0.325. The summed E-state index contributed by atoms with van der Waals surface area (Å²) < 4.78 is 0. The van der Waals surface area contributed by atoms with Crippen molar-refractivity contribution >= 4 is 17.5 Å². The molecule has 1 heterocycles. The number of hydrogen-bond acceptors (Lipinski definition) is 3. The van der Waals surface area contributed by atoms with Crippen molar-refractivity contribution in [2.24, 2.45) is 0 Å². The first-order valence-corrected chi connectivity index (χ1v) is 6.67. The van der Waals surface area contributed by atoms with E-state index in [0.717, 1.165) is 11.1 Å². The number of nitrogens with zero attached hydrogens (tertiary/aromatic N) is 1. The molecule has 0 aromatic carbocycles. The Morgan fingerprint density at radius 3 is 2.76 bits per heavy atom. The highest BCUT2D eigenvalue weighted by molar-refractivity contribution is 5.92. The molecule has 5 heteroatoms. The molecule has 21 heavy (non-hydrogen) atoms. The number of aromatic nitrogens is 1. The van der Waals surface area contributed by atoms with Crippen LogP contribution < -0.4 is 16.0 Å².